The van der Waals surface area contributed by atoms with Crippen LogP contribution in [0, 0.1) is 11.6 Å². The fraction of sp³-hybridized carbons (Fsp3) is 0.350. The molecule has 7 heteroatoms. The second kappa shape index (κ2) is 8.70. The lowest BCUT2D eigenvalue weighted by Crippen LogP contribution is -2.40. The van der Waals surface area contributed by atoms with Crippen molar-refractivity contribution in [1.82, 2.24) is 5.32 Å². The summed E-state index contributed by atoms with van der Waals surface area (Å²) in [5.74, 6) is -1.32. The predicted molar refractivity (Wildman–Crippen MR) is 104 cm³/mol. The van der Waals surface area contributed by atoms with Crippen LogP contribution in [0.2, 0.25) is 0 Å². The van der Waals surface area contributed by atoms with E-state index < -0.39 is 17.7 Å². The number of nitrogens with one attached hydrogen (secondary N) is 3. The minimum absolute atomic E-state index is 0.0149. The normalized spacial score (nSPS) is 14.7. The largest absolute Gasteiger partial charge is 0.383 e. The molecule has 1 fully saturated rings. The van der Waals surface area contributed by atoms with Gasteiger partial charge >= 0.3 is 6.03 Å². The molecule has 2 amide bonds. The van der Waals surface area contributed by atoms with Gasteiger partial charge in [0.25, 0.3) is 0 Å². The third-order valence-electron chi connectivity index (χ3n) is 4.46. The van der Waals surface area contributed by atoms with Crippen LogP contribution in [-0.4, -0.2) is 31.7 Å². The van der Waals surface area contributed by atoms with E-state index in [0.717, 1.165) is 30.7 Å². The van der Waals surface area contributed by atoms with Crippen molar-refractivity contribution in [3.05, 3.63) is 54.1 Å². The van der Waals surface area contributed by atoms with Gasteiger partial charge in [-0.15, -0.1) is 0 Å². The fourth-order valence-electron chi connectivity index (χ4n) is 3.15. The molecule has 1 atom stereocenters. The number of rotatable bonds is 6. The average Bonchev–Trinajstić information content (AvgIpc) is 3.14. The molecule has 144 valence electrons. The maximum absolute atomic E-state index is 14.3. The first-order valence-electron chi connectivity index (χ1n) is 9.13. The molecule has 2 aromatic rings. The minimum atomic E-state index is -0.661. The topological polar surface area (TPSA) is 56.4 Å². The second-order valence-electron chi connectivity index (χ2n) is 6.73. The lowest BCUT2D eigenvalue weighted by atomic mass is 10.2. The number of halogens is 2. The summed E-state index contributed by atoms with van der Waals surface area (Å²) in [4.78, 5) is 13.8. The molecule has 2 aromatic carbocycles. The Labute approximate surface area is 157 Å². The number of amides is 2. The molecule has 0 saturated carbocycles. The monoisotopic (exact) mass is 374 g/mol. The molecule has 0 radical (unpaired) electrons. The Balaban J connectivity index is 1.54. The number of benzene rings is 2. The predicted octanol–water partition coefficient (Wildman–Crippen LogP) is 4.19. The number of carbonyl (C=O) groups is 1. The number of carbonyl (C=O) groups excluding carboxylic acids is 1. The maximum atomic E-state index is 14.3. The summed E-state index contributed by atoms with van der Waals surface area (Å²) in [6, 6.07) is 11.2. The van der Waals surface area contributed by atoms with Crippen molar-refractivity contribution < 1.29 is 13.6 Å². The molecule has 1 aliphatic heterocycles. The standard InChI is InChI=1S/C20H24F2N4O/c1-14(13-23-15-7-3-2-4-8-15)24-20(27)25-16-11-17(21)19(18(22)12-16)26-9-5-6-10-26/h2-4,7-8,11-12,14,23H,5-6,9-10,13H2,1H3,(H2,24,25,27)/t14-/m0/s1. The smallest absolute Gasteiger partial charge is 0.319 e. The Bertz CT molecular complexity index is 756. The van der Waals surface area contributed by atoms with Crippen LogP contribution in [0.15, 0.2) is 42.5 Å². The highest BCUT2D eigenvalue weighted by Crippen LogP contribution is 2.29. The van der Waals surface area contributed by atoms with Crippen LogP contribution in [-0.2, 0) is 0 Å². The van der Waals surface area contributed by atoms with Crippen molar-refractivity contribution >= 4 is 23.1 Å². The van der Waals surface area contributed by atoms with Crippen molar-refractivity contribution in [2.75, 3.05) is 35.2 Å². The van der Waals surface area contributed by atoms with Crippen LogP contribution in [0.3, 0.4) is 0 Å². The van der Waals surface area contributed by atoms with E-state index in [0.29, 0.717) is 19.6 Å². The molecule has 0 bridgehead atoms. The molecule has 3 N–H and O–H groups in total. The van der Waals surface area contributed by atoms with Crippen molar-refractivity contribution in [2.24, 2.45) is 0 Å². The van der Waals surface area contributed by atoms with E-state index in [1.807, 2.05) is 37.3 Å². The Morgan fingerprint density at radius 2 is 1.70 bits per heavy atom. The molecular formula is C20H24F2N4O. The van der Waals surface area contributed by atoms with Crippen LogP contribution in [0.1, 0.15) is 19.8 Å². The zero-order chi connectivity index (χ0) is 19.2. The van der Waals surface area contributed by atoms with E-state index in [-0.39, 0.29) is 17.4 Å². The molecule has 0 spiro atoms. The zero-order valence-corrected chi connectivity index (χ0v) is 15.3. The van der Waals surface area contributed by atoms with Gasteiger partial charge in [0.15, 0.2) is 11.6 Å². The maximum Gasteiger partial charge on any atom is 0.319 e. The van der Waals surface area contributed by atoms with Gasteiger partial charge in [0.2, 0.25) is 0 Å². The lowest BCUT2D eigenvalue weighted by molar-refractivity contribution is 0.249. The Morgan fingerprint density at radius 3 is 2.33 bits per heavy atom. The number of hydrogen-bond acceptors (Lipinski definition) is 3. The van der Waals surface area contributed by atoms with Gasteiger partial charge in [-0.25, -0.2) is 13.6 Å². The Morgan fingerprint density at radius 1 is 1.07 bits per heavy atom. The van der Waals surface area contributed by atoms with Gasteiger partial charge in [-0.2, -0.15) is 0 Å². The highest BCUT2D eigenvalue weighted by Gasteiger charge is 2.21. The summed E-state index contributed by atoms with van der Waals surface area (Å²) in [7, 11) is 0. The fourth-order valence-corrected chi connectivity index (χ4v) is 3.15. The molecule has 0 aliphatic carbocycles. The number of para-hydroxylation sites is 1. The lowest BCUT2D eigenvalue weighted by Gasteiger charge is -2.20. The molecule has 1 heterocycles. The van der Waals surface area contributed by atoms with E-state index in [2.05, 4.69) is 16.0 Å². The summed E-state index contributed by atoms with van der Waals surface area (Å²) in [6.45, 7) is 3.65. The summed E-state index contributed by atoms with van der Waals surface area (Å²) in [5, 5.41) is 8.44. The number of urea groups is 1. The van der Waals surface area contributed by atoms with Crippen LogP contribution < -0.4 is 20.9 Å². The first kappa shape index (κ1) is 18.9. The van der Waals surface area contributed by atoms with Crippen LogP contribution in [0.25, 0.3) is 0 Å². The molecule has 1 saturated heterocycles. The first-order valence-corrected chi connectivity index (χ1v) is 9.13. The zero-order valence-electron chi connectivity index (χ0n) is 15.3. The molecule has 0 aromatic heterocycles. The summed E-state index contributed by atoms with van der Waals surface area (Å²) in [5.41, 5.74) is 1.03. The van der Waals surface area contributed by atoms with Gasteiger partial charge in [-0.1, -0.05) is 18.2 Å². The van der Waals surface area contributed by atoms with E-state index >= 15 is 0 Å². The van der Waals surface area contributed by atoms with Crippen LogP contribution in [0.5, 0.6) is 0 Å². The van der Waals surface area contributed by atoms with Gasteiger partial charge in [-0.3, -0.25) is 0 Å². The molecule has 1 aliphatic rings. The van der Waals surface area contributed by atoms with Gasteiger partial charge in [0.1, 0.15) is 5.69 Å². The van der Waals surface area contributed by atoms with Crippen molar-refractivity contribution in [1.29, 1.82) is 0 Å². The number of nitrogens with zero attached hydrogens (tertiary/aromatic N) is 1. The number of hydrogen-bond donors (Lipinski definition) is 3. The molecule has 5 nitrogen and oxygen atoms in total. The van der Waals surface area contributed by atoms with Gasteiger partial charge in [0.05, 0.1) is 0 Å². The summed E-state index contributed by atoms with van der Waals surface area (Å²) < 4.78 is 28.6. The molecular weight excluding hydrogens is 350 g/mol. The first-order chi connectivity index (χ1) is 13.0. The van der Waals surface area contributed by atoms with Gasteiger partial charge in [0, 0.05) is 37.1 Å². The Hall–Kier alpha value is -2.83. The Kier molecular flexibility index (Phi) is 6.11. The average molecular weight is 374 g/mol. The highest BCUT2D eigenvalue weighted by atomic mass is 19.1. The van der Waals surface area contributed by atoms with Crippen molar-refractivity contribution in [3.8, 4) is 0 Å². The summed E-state index contributed by atoms with van der Waals surface area (Å²) in [6.07, 6.45) is 1.85. The van der Waals surface area contributed by atoms with Crippen LogP contribution in [0.4, 0.5) is 30.6 Å². The quantitative estimate of drug-likeness (QED) is 0.711. The third kappa shape index (κ3) is 5.09. The van der Waals surface area contributed by atoms with Crippen molar-refractivity contribution in [3.63, 3.8) is 0 Å². The van der Waals surface area contributed by atoms with Crippen molar-refractivity contribution in [2.45, 2.75) is 25.8 Å². The molecule has 0 unspecified atom stereocenters. The summed E-state index contributed by atoms with van der Waals surface area (Å²) >= 11 is 0. The van der Waals surface area contributed by atoms with Gasteiger partial charge < -0.3 is 20.9 Å². The van der Waals surface area contributed by atoms with Gasteiger partial charge in [-0.05, 0) is 44.0 Å². The third-order valence-corrected chi connectivity index (χ3v) is 4.46. The SMILES string of the molecule is C[C@@H](CNc1ccccc1)NC(=O)Nc1cc(F)c(N2CCCC2)c(F)c1. The molecule has 3 rings (SSSR count). The van der Waals surface area contributed by atoms with E-state index in [1.165, 1.54) is 0 Å². The minimum Gasteiger partial charge on any atom is -0.383 e. The number of anilines is 3. The van der Waals surface area contributed by atoms with E-state index in [4.69, 9.17) is 0 Å². The second-order valence-corrected chi connectivity index (χ2v) is 6.73. The van der Waals surface area contributed by atoms with E-state index in [1.54, 1.807) is 4.90 Å². The van der Waals surface area contributed by atoms with Crippen LogP contribution >= 0.6 is 0 Å². The molecule has 27 heavy (non-hydrogen) atoms. The van der Waals surface area contributed by atoms with E-state index in [9.17, 15) is 13.6 Å². The highest BCUT2D eigenvalue weighted by molar-refractivity contribution is 5.89.